The fourth-order valence-corrected chi connectivity index (χ4v) is 5.33. The largest absolute Gasteiger partial charge is 0.491 e. The van der Waals surface area contributed by atoms with Gasteiger partial charge in [-0.3, -0.25) is 14.6 Å². The van der Waals surface area contributed by atoms with Gasteiger partial charge in [-0.25, -0.2) is 0 Å². The maximum atomic E-state index is 13.2. The molecule has 1 atom stereocenters. The predicted molar refractivity (Wildman–Crippen MR) is 130 cm³/mol. The van der Waals surface area contributed by atoms with Gasteiger partial charge in [0.1, 0.15) is 12.4 Å². The summed E-state index contributed by atoms with van der Waals surface area (Å²) >= 11 is 0. The van der Waals surface area contributed by atoms with Crippen molar-refractivity contribution in [3.8, 4) is 5.75 Å². The van der Waals surface area contributed by atoms with Gasteiger partial charge in [0.05, 0.1) is 24.3 Å². The molecule has 2 aromatic rings. The van der Waals surface area contributed by atoms with Gasteiger partial charge in [-0.05, 0) is 48.1 Å². The molecular formula is C27H35N3O4. The molecule has 34 heavy (non-hydrogen) atoms. The Morgan fingerprint density at radius 1 is 0.971 bits per heavy atom. The summed E-state index contributed by atoms with van der Waals surface area (Å²) in [6.45, 7) is 6.05. The SMILES string of the molecule is O=C1c2ccc(CN3CCC(O)CC3)cc2OCCN1C[C@H](O)CN1CCc2ccccc2C1. The molecule has 0 spiro atoms. The zero-order valence-corrected chi connectivity index (χ0v) is 19.7. The summed E-state index contributed by atoms with van der Waals surface area (Å²) in [7, 11) is 0. The number of fused-ring (bicyclic) bond motifs is 2. The lowest BCUT2D eigenvalue weighted by atomic mass is 10.00. The van der Waals surface area contributed by atoms with Gasteiger partial charge in [-0.2, -0.15) is 0 Å². The van der Waals surface area contributed by atoms with Crippen molar-refractivity contribution < 1.29 is 19.7 Å². The summed E-state index contributed by atoms with van der Waals surface area (Å²) in [6, 6.07) is 14.3. The fraction of sp³-hybridized carbons (Fsp3) is 0.519. The first kappa shape index (κ1) is 23.3. The van der Waals surface area contributed by atoms with Crippen LogP contribution in [-0.2, 0) is 19.5 Å². The molecule has 5 rings (SSSR count). The van der Waals surface area contributed by atoms with Crippen LogP contribution in [0.3, 0.4) is 0 Å². The minimum atomic E-state index is -0.607. The number of aliphatic hydroxyl groups is 2. The van der Waals surface area contributed by atoms with E-state index in [1.165, 1.54) is 11.1 Å². The normalized spacial score (nSPS) is 20.9. The average molecular weight is 466 g/mol. The van der Waals surface area contributed by atoms with Gasteiger partial charge in [-0.15, -0.1) is 0 Å². The number of likely N-dealkylation sites (tertiary alicyclic amines) is 1. The molecule has 3 heterocycles. The first-order chi connectivity index (χ1) is 16.5. The van der Waals surface area contributed by atoms with Crippen LogP contribution in [0.1, 0.15) is 39.9 Å². The van der Waals surface area contributed by atoms with Crippen LogP contribution in [0, 0.1) is 0 Å². The Labute approximate surface area is 201 Å². The number of carbonyl (C=O) groups excluding carboxylic acids is 1. The third-order valence-electron chi connectivity index (χ3n) is 7.26. The quantitative estimate of drug-likeness (QED) is 0.679. The van der Waals surface area contributed by atoms with E-state index >= 15 is 0 Å². The number of aliphatic hydroxyl groups excluding tert-OH is 2. The fourth-order valence-electron chi connectivity index (χ4n) is 5.33. The van der Waals surface area contributed by atoms with Crippen molar-refractivity contribution in [3.05, 3.63) is 64.7 Å². The standard InChI is InChI=1S/C27H35N3O4/c31-23-8-11-28(12-9-23)16-20-5-6-25-26(15-20)34-14-13-30(27(25)33)19-24(32)18-29-10-7-21-3-1-2-4-22(21)17-29/h1-6,15,23-24,31-32H,7-14,16-19H2/t24-/m1/s1. The summed E-state index contributed by atoms with van der Waals surface area (Å²) in [5.74, 6) is 0.548. The molecule has 0 saturated carbocycles. The van der Waals surface area contributed by atoms with Crippen LogP contribution in [-0.4, -0.2) is 88.9 Å². The number of hydrogen-bond donors (Lipinski definition) is 2. The van der Waals surface area contributed by atoms with Crippen LogP contribution >= 0.6 is 0 Å². The van der Waals surface area contributed by atoms with E-state index in [9.17, 15) is 15.0 Å². The maximum Gasteiger partial charge on any atom is 0.257 e. The van der Waals surface area contributed by atoms with E-state index < -0.39 is 6.10 Å². The molecule has 0 aliphatic carbocycles. The van der Waals surface area contributed by atoms with Gasteiger partial charge in [-0.1, -0.05) is 30.3 Å². The van der Waals surface area contributed by atoms with Crippen molar-refractivity contribution >= 4 is 5.91 Å². The highest BCUT2D eigenvalue weighted by Gasteiger charge is 2.27. The van der Waals surface area contributed by atoms with Crippen molar-refractivity contribution in [2.24, 2.45) is 0 Å². The van der Waals surface area contributed by atoms with E-state index in [-0.39, 0.29) is 12.0 Å². The molecule has 2 N–H and O–H groups in total. The molecular weight excluding hydrogens is 430 g/mol. The van der Waals surface area contributed by atoms with E-state index in [0.717, 1.165) is 57.5 Å². The van der Waals surface area contributed by atoms with Gasteiger partial charge < -0.3 is 19.8 Å². The zero-order chi connectivity index (χ0) is 23.5. The Morgan fingerprint density at radius 3 is 2.59 bits per heavy atom. The number of nitrogens with zero attached hydrogens (tertiary/aromatic N) is 3. The second kappa shape index (κ2) is 10.4. The predicted octanol–water partition coefficient (Wildman–Crippen LogP) is 1.90. The number of benzene rings is 2. The molecule has 0 radical (unpaired) electrons. The Morgan fingerprint density at radius 2 is 1.76 bits per heavy atom. The zero-order valence-electron chi connectivity index (χ0n) is 19.7. The highest BCUT2D eigenvalue weighted by Crippen LogP contribution is 2.26. The number of rotatable bonds is 6. The first-order valence-electron chi connectivity index (χ1n) is 12.5. The first-order valence-corrected chi connectivity index (χ1v) is 12.5. The molecule has 7 heteroatoms. The molecule has 0 bridgehead atoms. The highest BCUT2D eigenvalue weighted by atomic mass is 16.5. The monoisotopic (exact) mass is 465 g/mol. The highest BCUT2D eigenvalue weighted by molar-refractivity contribution is 5.97. The smallest absolute Gasteiger partial charge is 0.257 e. The van der Waals surface area contributed by atoms with Crippen LogP contribution in [0.5, 0.6) is 5.75 Å². The van der Waals surface area contributed by atoms with Crippen LogP contribution in [0.25, 0.3) is 0 Å². The lowest BCUT2D eigenvalue weighted by Crippen LogP contribution is -2.44. The second-order valence-corrected chi connectivity index (χ2v) is 9.85. The Kier molecular flexibility index (Phi) is 7.15. The topological polar surface area (TPSA) is 76.5 Å². The van der Waals surface area contributed by atoms with Gasteiger partial charge in [0.15, 0.2) is 0 Å². The van der Waals surface area contributed by atoms with E-state index in [4.69, 9.17) is 4.74 Å². The van der Waals surface area contributed by atoms with E-state index in [1.54, 1.807) is 4.90 Å². The van der Waals surface area contributed by atoms with E-state index in [2.05, 4.69) is 34.1 Å². The number of piperidine rings is 1. The van der Waals surface area contributed by atoms with E-state index in [0.29, 0.717) is 37.6 Å². The average Bonchev–Trinajstić information content (AvgIpc) is 2.99. The molecule has 182 valence electrons. The van der Waals surface area contributed by atoms with Crippen molar-refractivity contribution in [2.75, 3.05) is 45.9 Å². The summed E-state index contributed by atoms with van der Waals surface area (Å²) < 4.78 is 5.95. The maximum absolute atomic E-state index is 13.2. The lowest BCUT2D eigenvalue weighted by Gasteiger charge is -2.32. The minimum Gasteiger partial charge on any atom is -0.491 e. The van der Waals surface area contributed by atoms with Crippen LogP contribution < -0.4 is 4.74 Å². The van der Waals surface area contributed by atoms with Gasteiger partial charge in [0, 0.05) is 45.8 Å². The second-order valence-electron chi connectivity index (χ2n) is 9.85. The van der Waals surface area contributed by atoms with Crippen LogP contribution in [0.15, 0.2) is 42.5 Å². The van der Waals surface area contributed by atoms with Crippen molar-refractivity contribution in [1.82, 2.24) is 14.7 Å². The molecule has 2 aromatic carbocycles. The van der Waals surface area contributed by atoms with Crippen molar-refractivity contribution in [3.63, 3.8) is 0 Å². The van der Waals surface area contributed by atoms with Crippen LogP contribution in [0.4, 0.5) is 0 Å². The third kappa shape index (κ3) is 5.44. The van der Waals surface area contributed by atoms with Gasteiger partial charge >= 0.3 is 0 Å². The number of β-amino-alcohol motifs (C(OH)–C–C–N with tert-alkyl or cyclic N) is 1. The molecule has 3 aliphatic heterocycles. The molecule has 7 nitrogen and oxygen atoms in total. The van der Waals surface area contributed by atoms with E-state index in [1.807, 2.05) is 18.2 Å². The molecule has 1 amide bonds. The van der Waals surface area contributed by atoms with Crippen LogP contribution in [0.2, 0.25) is 0 Å². The summed E-state index contributed by atoms with van der Waals surface area (Å²) in [4.78, 5) is 19.6. The van der Waals surface area contributed by atoms with Crippen molar-refractivity contribution in [2.45, 2.75) is 44.6 Å². The minimum absolute atomic E-state index is 0.0804. The molecule has 1 saturated heterocycles. The Hall–Kier alpha value is -2.45. The molecule has 0 aromatic heterocycles. The number of amides is 1. The third-order valence-corrected chi connectivity index (χ3v) is 7.26. The number of ether oxygens (including phenoxy) is 1. The Bertz CT molecular complexity index is 1010. The number of hydrogen-bond acceptors (Lipinski definition) is 6. The summed E-state index contributed by atoms with van der Waals surface area (Å²) in [6.07, 6.45) is 1.82. The molecule has 3 aliphatic rings. The summed E-state index contributed by atoms with van der Waals surface area (Å²) in [5.41, 5.74) is 4.39. The molecule has 0 unspecified atom stereocenters. The van der Waals surface area contributed by atoms with Gasteiger partial charge in [0.25, 0.3) is 5.91 Å². The number of carbonyl (C=O) groups is 1. The Balaban J connectivity index is 1.18. The molecule has 1 fully saturated rings. The summed E-state index contributed by atoms with van der Waals surface area (Å²) in [5, 5.41) is 20.5. The van der Waals surface area contributed by atoms with Gasteiger partial charge in [0.2, 0.25) is 0 Å². The van der Waals surface area contributed by atoms with Crippen molar-refractivity contribution in [1.29, 1.82) is 0 Å². The lowest BCUT2D eigenvalue weighted by molar-refractivity contribution is 0.0501.